The number of amides is 1. The highest BCUT2D eigenvalue weighted by Crippen LogP contribution is 2.32. The van der Waals surface area contributed by atoms with E-state index in [9.17, 15) is 4.79 Å². The predicted octanol–water partition coefficient (Wildman–Crippen LogP) is 3.26. The largest absolute Gasteiger partial charge is 0.496 e. The van der Waals surface area contributed by atoms with E-state index < -0.39 is 0 Å². The average Bonchev–Trinajstić information content (AvgIpc) is 3.25. The van der Waals surface area contributed by atoms with Crippen molar-refractivity contribution < 1.29 is 14.6 Å². The zero-order valence-corrected chi connectivity index (χ0v) is 18.1. The minimum Gasteiger partial charge on any atom is -0.496 e. The van der Waals surface area contributed by atoms with Crippen LogP contribution in [0.15, 0.2) is 48.5 Å². The maximum absolute atomic E-state index is 12.7. The fourth-order valence-corrected chi connectivity index (χ4v) is 4.45. The molecule has 1 unspecified atom stereocenters. The molecule has 2 heterocycles. The van der Waals surface area contributed by atoms with Crippen LogP contribution in [0.1, 0.15) is 39.5 Å². The lowest BCUT2D eigenvalue weighted by atomic mass is 9.99. The molecule has 1 aliphatic rings. The van der Waals surface area contributed by atoms with Crippen LogP contribution in [-0.4, -0.2) is 54.2 Å². The lowest BCUT2D eigenvalue weighted by Crippen LogP contribution is -2.27. The van der Waals surface area contributed by atoms with Crippen LogP contribution in [0.3, 0.4) is 0 Å². The van der Waals surface area contributed by atoms with E-state index in [1.54, 1.807) is 7.11 Å². The van der Waals surface area contributed by atoms with E-state index in [2.05, 4.69) is 35.3 Å². The van der Waals surface area contributed by atoms with Gasteiger partial charge in [0.05, 0.1) is 24.8 Å². The summed E-state index contributed by atoms with van der Waals surface area (Å²) in [5, 5.41) is 12.7. The van der Waals surface area contributed by atoms with Crippen LogP contribution in [0.25, 0.3) is 10.9 Å². The molecule has 1 fully saturated rings. The quantitative estimate of drug-likeness (QED) is 0.615. The number of fused-ring (bicyclic) bond motifs is 1. The van der Waals surface area contributed by atoms with Gasteiger partial charge in [0, 0.05) is 42.2 Å². The predicted molar refractivity (Wildman–Crippen MR) is 122 cm³/mol. The Morgan fingerprint density at radius 2 is 2.10 bits per heavy atom. The third-order valence-electron chi connectivity index (χ3n) is 5.96. The summed E-state index contributed by atoms with van der Waals surface area (Å²) in [4.78, 5) is 20.0. The number of carbonyl (C=O) groups is 1. The lowest BCUT2D eigenvalue weighted by Gasteiger charge is -2.19. The van der Waals surface area contributed by atoms with Crippen molar-refractivity contribution in [1.82, 2.24) is 15.2 Å². The molecule has 162 valence electrons. The first kappa shape index (κ1) is 21.3. The minimum atomic E-state index is -0.173. The maximum Gasteiger partial charge on any atom is 0.252 e. The van der Waals surface area contributed by atoms with E-state index in [4.69, 9.17) is 14.8 Å². The Labute approximate surface area is 182 Å². The number of aromatic nitrogens is 1. The van der Waals surface area contributed by atoms with Crippen LogP contribution in [0.4, 0.5) is 0 Å². The molecule has 2 N–H and O–H groups in total. The Morgan fingerprint density at radius 3 is 2.90 bits per heavy atom. The molecule has 0 saturated carbocycles. The van der Waals surface area contributed by atoms with Crippen LogP contribution in [0.5, 0.6) is 5.75 Å². The van der Waals surface area contributed by atoms with Gasteiger partial charge in [-0.2, -0.15) is 0 Å². The standard InChI is InChI=1S/C25H29N3O3/c1-17-6-5-7-19(24(17)31-2)16-28-12-10-18(15-28)23-14-21(25(30)26-11-13-29)20-8-3-4-9-22(20)27-23/h3-9,14,18,29H,10-13,15-16H2,1-2H3,(H,26,30). The number of rotatable bonds is 7. The third-order valence-corrected chi connectivity index (χ3v) is 5.96. The molecule has 0 spiro atoms. The number of aryl methyl sites for hydroxylation is 1. The summed E-state index contributed by atoms with van der Waals surface area (Å²) in [5.74, 6) is 1.05. The molecular weight excluding hydrogens is 390 g/mol. The number of hydrogen-bond donors (Lipinski definition) is 2. The van der Waals surface area contributed by atoms with Gasteiger partial charge in [0.2, 0.25) is 0 Å². The SMILES string of the molecule is COc1c(C)cccc1CN1CCC(c2cc(C(=O)NCCO)c3ccccc3n2)C1. The van der Waals surface area contributed by atoms with Crippen LogP contribution in [0, 0.1) is 6.92 Å². The van der Waals surface area contributed by atoms with Crippen molar-refractivity contribution >= 4 is 16.8 Å². The lowest BCUT2D eigenvalue weighted by molar-refractivity contribution is 0.0946. The average molecular weight is 420 g/mol. The number of nitrogens with zero attached hydrogens (tertiary/aromatic N) is 2. The molecule has 6 nitrogen and oxygen atoms in total. The number of nitrogens with one attached hydrogen (secondary N) is 1. The van der Waals surface area contributed by atoms with E-state index in [0.29, 0.717) is 5.56 Å². The fraction of sp³-hybridized carbons (Fsp3) is 0.360. The van der Waals surface area contributed by atoms with Crippen LogP contribution in [0.2, 0.25) is 0 Å². The monoisotopic (exact) mass is 419 g/mol. The number of likely N-dealkylation sites (tertiary alicyclic amines) is 1. The van der Waals surface area contributed by atoms with Crippen molar-refractivity contribution in [1.29, 1.82) is 0 Å². The zero-order chi connectivity index (χ0) is 21.8. The molecule has 6 heteroatoms. The summed E-state index contributed by atoms with van der Waals surface area (Å²) in [5.41, 5.74) is 4.73. The number of carbonyl (C=O) groups excluding carboxylic acids is 1. The number of benzene rings is 2. The highest BCUT2D eigenvalue weighted by Gasteiger charge is 2.27. The van der Waals surface area contributed by atoms with Gasteiger partial charge in [0.15, 0.2) is 0 Å². The molecule has 2 aromatic carbocycles. The Bertz CT molecular complexity index is 1080. The maximum atomic E-state index is 12.7. The molecule has 3 aromatic rings. The van der Waals surface area contributed by atoms with E-state index in [1.807, 2.05) is 30.3 Å². The zero-order valence-electron chi connectivity index (χ0n) is 18.1. The van der Waals surface area contributed by atoms with Crippen LogP contribution < -0.4 is 10.1 Å². The van der Waals surface area contributed by atoms with Crippen molar-refractivity contribution in [3.8, 4) is 5.75 Å². The van der Waals surface area contributed by atoms with E-state index in [1.165, 1.54) is 5.56 Å². The number of hydrogen-bond acceptors (Lipinski definition) is 5. The molecule has 1 atom stereocenters. The van der Waals surface area contributed by atoms with Crippen molar-refractivity contribution in [3.63, 3.8) is 0 Å². The second-order valence-corrected chi connectivity index (χ2v) is 8.08. The Balaban J connectivity index is 1.57. The molecule has 4 rings (SSSR count). The van der Waals surface area contributed by atoms with Crippen LogP contribution in [-0.2, 0) is 6.54 Å². The molecule has 0 aliphatic carbocycles. The summed E-state index contributed by atoms with van der Waals surface area (Å²) in [6.45, 7) is 4.92. The molecule has 1 aromatic heterocycles. The number of pyridine rings is 1. The smallest absolute Gasteiger partial charge is 0.252 e. The summed E-state index contributed by atoms with van der Waals surface area (Å²) in [6, 6.07) is 15.9. The molecule has 1 saturated heterocycles. The fourth-order valence-electron chi connectivity index (χ4n) is 4.45. The van der Waals surface area contributed by atoms with Gasteiger partial charge < -0.3 is 15.2 Å². The first-order valence-electron chi connectivity index (χ1n) is 10.7. The summed E-state index contributed by atoms with van der Waals surface area (Å²) >= 11 is 0. The van der Waals surface area contributed by atoms with Gasteiger partial charge in [-0.25, -0.2) is 0 Å². The summed E-state index contributed by atoms with van der Waals surface area (Å²) in [6.07, 6.45) is 0.997. The second kappa shape index (κ2) is 9.45. The van der Waals surface area contributed by atoms with Crippen molar-refractivity contribution in [2.45, 2.75) is 25.8 Å². The molecule has 31 heavy (non-hydrogen) atoms. The van der Waals surface area contributed by atoms with Gasteiger partial charge in [-0.1, -0.05) is 36.4 Å². The summed E-state index contributed by atoms with van der Waals surface area (Å²) in [7, 11) is 1.72. The highest BCUT2D eigenvalue weighted by molar-refractivity contribution is 6.06. The topological polar surface area (TPSA) is 74.7 Å². The van der Waals surface area contributed by atoms with Gasteiger partial charge in [0.25, 0.3) is 5.91 Å². The van der Waals surface area contributed by atoms with Crippen molar-refractivity contribution in [3.05, 3.63) is 70.9 Å². The first-order valence-corrected chi connectivity index (χ1v) is 10.7. The third kappa shape index (κ3) is 4.55. The van der Waals surface area contributed by atoms with Gasteiger partial charge in [-0.05, 0) is 37.6 Å². The van der Waals surface area contributed by atoms with Gasteiger partial charge in [-0.15, -0.1) is 0 Å². The molecule has 0 bridgehead atoms. The van der Waals surface area contributed by atoms with Crippen LogP contribution >= 0.6 is 0 Å². The minimum absolute atomic E-state index is 0.0817. The second-order valence-electron chi connectivity index (χ2n) is 8.08. The molecule has 1 amide bonds. The van der Waals surface area contributed by atoms with E-state index in [0.717, 1.165) is 54.0 Å². The Morgan fingerprint density at radius 1 is 1.26 bits per heavy atom. The Kier molecular flexibility index (Phi) is 6.49. The molecule has 0 radical (unpaired) electrons. The number of aliphatic hydroxyl groups is 1. The normalized spacial score (nSPS) is 16.5. The molecular formula is C25H29N3O3. The number of methoxy groups -OCH3 is 1. The van der Waals surface area contributed by atoms with Gasteiger partial charge in [-0.3, -0.25) is 14.7 Å². The number of ether oxygens (including phenoxy) is 1. The number of aliphatic hydroxyl groups excluding tert-OH is 1. The van der Waals surface area contributed by atoms with Gasteiger partial charge in [0.1, 0.15) is 5.75 Å². The van der Waals surface area contributed by atoms with E-state index in [-0.39, 0.29) is 25.0 Å². The van der Waals surface area contributed by atoms with Gasteiger partial charge >= 0.3 is 0 Å². The van der Waals surface area contributed by atoms with E-state index >= 15 is 0 Å². The summed E-state index contributed by atoms with van der Waals surface area (Å²) < 4.78 is 5.62. The van der Waals surface area contributed by atoms with Crippen molar-refractivity contribution in [2.75, 3.05) is 33.4 Å². The first-order chi connectivity index (χ1) is 15.1. The highest BCUT2D eigenvalue weighted by atomic mass is 16.5. The van der Waals surface area contributed by atoms with Crippen molar-refractivity contribution in [2.24, 2.45) is 0 Å². The number of para-hydroxylation sites is 2. The molecule has 1 aliphatic heterocycles. The Hall–Kier alpha value is -2.96.